The summed E-state index contributed by atoms with van der Waals surface area (Å²) in [4.78, 5) is 0. The van der Waals surface area contributed by atoms with E-state index in [-0.39, 0.29) is 0 Å². The molecule has 0 aliphatic heterocycles. The molecule has 0 spiro atoms. The second kappa shape index (κ2) is 6.09. The maximum Gasteiger partial charge on any atom is 0.0518 e. The van der Waals surface area contributed by atoms with Crippen molar-refractivity contribution in [3.05, 3.63) is 0 Å². The number of hydrogen-bond donors (Lipinski definition) is 0. The van der Waals surface area contributed by atoms with E-state index in [1.54, 1.807) is 0 Å². The Hall–Kier alpha value is -0.0400. The molecule has 0 aromatic carbocycles. The second-order valence-corrected chi connectivity index (χ2v) is 2.63. The Morgan fingerprint density at radius 3 is 2.33 bits per heavy atom. The van der Waals surface area contributed by atoms with E-state index in [0.29, 0.717) is 6.10 Å². The summed E-state index contributed by atoms with van der Waals surface area (Å²) in [6.45, 7) is 7.29. The van der Waals surface area contributed by atoms with Crippen molar-refractivity contribution in [2.24, 2.45) is 0 Å². The van der Waals surface area contributed by atoms with Gasteiger partial charge in [0.2, 0.25) is 0 Å². The summed E-state index contributed by atoms with van der Waals surface area (Å²) in [5.41, 5.74) is 0. The van der Waals surface area contributed by atoms with Gasteiger partial charge in [-0.3, -0.25) is 0 Å². The van der Waals surface area contributed by atoms with Crippen LogP contribution in [0.5, 0.6) is 0 Å². The van der Waals surface area contributed by atoms with Crippen molar-refractivity contribution in [3.63, 3.8) is 0 Å². The monoisotopic (exact) mass is 130 g/mol. The zero-order chi connectivity index (χ0) is 7.11. The summed E-state index contributed by atoms with van der Waals surface area (Å²) in [6.07, 6.45) is 4.20. The van der Waals surface area contributed by atoms with Crippen molar-refractivity contribution in [1.29, 1.82) is 0 Å². The molecule has 0 radical (unpaired) electrons. The molecule has 0 bridgehead atoms. The highest BCUT2D eigenvalue weighted by Crippen LogP contribution is 1.96. The molecule has 0 aromatic rings. The first-order valence-electron chi connectivity index (χ1n) is 3.89. The summed E-state index contributed by atoms with van der Waals surface area (Å²) in [5, 5.41) is 0. The van der Waals surface area contributed by atoms with Gasteiger partial charge < -0.3 is 4.74 Å². The highest BCUT2D eigenvalue weighted by atomic mass is 16.5. The first-order chi connectivity index (χ1) is 4.27. The van der Waals surface area contributed by atoms with Gasteiger partial charge in [0.05, 0.1) is 6.10 Å². The predicted octanol–water partition coefficient (Wildman–Crippen LogP) is 2.60. The van der Waals surface area contributed by atoms with Crippen LogP contribution in [0.4, 0.5) is 0 Å². The van der Waals surface area contributed by atoms with Crippen LogP contribution in [0.25, 0.3) is 0 Å². The lowest BCUT2D eigenvalue weighted by atomic mass is 10.3. The molecule has 1 heteroatoms. The van der Waals surface area contributed by atoms with Crippen LogP contribution in [-0.2, 0) is 4.74 Å². The van der Waals surface area contributed by atoms with Gasteiger partial charge in [0.1, 0.15) is 0 Å². The number of unbranched alkanes of at least 4 members (excludes halogenated alkanes) is 2. The molecule has 0 aliphatic rings. The van der Waals surface area contributed by atoms with E-state index >= 15 is 0 Å². The molecule has 0 N–H and O–H groups in total. The van der Waals surface area contributed by atoms with E-state index in [1.807, 2.05) is 0 Å². The van der Waals surface area contributed by atoms with E-state index in [9.17, 15) is 0 Å². The maximum absolute atomic E-state index is 5.34. The van der Waals surface area contributed by atoms with E-state index in [1.165, 1.54) is 19.3 Å². The van der Waals surface area contributed by atoms with E-state index in [4.69, 9.17) is 4.74 Å². The highest BCUT2D eigenvalue weighted by molar-refractivity contribution is 4.39. The molecule has 1 nitrogen and oxygen atoms in total. The molecular formula is C8H18O. The van der Waals surface area contributed by atoms with Crippen molar-refractivity contribution >= 4 is 0 Å². The summed E-state index contributed by atoms with van der Waals surface area (Å²) in [6, 6.07) is 0. The van der Waals surface area contributed by atoms with Crippen LogP contribution in [0.1, 0.15) is 40.0 Å². The topological polar surface area (TPSA) is 9.23 Å². The smallest absolute Gasteiger partial charge is 0.0518 e. The minimum absolute atomic E-state index is 0.404. The summed E-state index contributed by atoms with van der Waals surface area (Å²) >= 11 is 0. The molecule has 0 fully saturated rings. The van der Waals surface area contributed by atoms with Crippen molar-refractivity contribution in [2.75, 3.05) is 6.61 Å². The van der Waals surface area contributed by atoms with Gasteiger partial charge in [-0.25, -0.2) is 0 Å². The third kappa shape index (κ3) is 7.96. The third-order valence-corrected chi connectivity index (χ3v) is 1.20. The fourth-order valence-corrected chi connectivity index (χ4v) is 0.671. The Bertz CT molecular complexity index is 50.5. The molecule has 0 atom stereocenters. The van der Waals surface area contributed by atoms with Crippen LogP contribution in [0, 0.1) is 0 Å². The molecule has 0 amide bonds. The lowest BCUT2D eigenvalue weighted by Crippen LogP contribution is -2.03. The highest BCUT2D eigenvalue weighted by Gasteiger charge is 1.90. The lowest BCUT2D eigenvalue weighted by molar-refractivity contribution is 0.0759. The minimum atomic E-state index is 0.404. The first-order valence-corrected chi connectivity index (χ1v) is 3.89. The zero-order valence-electron chi connectivity index (χ0n) is 6.81. The number of ether oxygens (including phenoxy) is 1. The summed E-state index contributed by atoms with van der Waals surface area (Å²) in [7, 11) is 0. The number of hydrogen-bond acceptors (Lipinski definition) is 1. The van der Waals surface area contributed by atoms with Crippen molar-refractivity contribution < 1.29 is 4.74 Å². The van der Waals surface area contributed by atoms with Crippen molar-refractivity contribution in [1.82, 2.24) is 0 Å². The van der Waals surface area contributed by atoms with Gasteiger partial charge in [-0.1, -0.05) is 19.8 Å². The first kappa shape index (κ1) is 8.96. The fraction of sp³-hybridized carbons (Fsp3) is 1.00. The Morgan fingerprint density at radius 2 is 1.89 bits per heavy atom. The molecular weight excluding hydrogens is 112 g/mol. The largest absolute Gasteiger partial charge is 0.379 e. The van der Waals surface area contributed by atoms with Gasteiger partial charge in [-0.05, 0) is 20.3 Å². The van der Waals surface area contributed by atoms with Gasteiger partial charge in [-0.2, -0.15) is 0 Å². The van der Waals surface area contributed by atoms with Crippen LogP contribution in [0.15, 0.2) is 0 Å². The predicted molar refractivity (Wildman–Crippen MR) is 40.6 cm³/mol. The van der Waals surface area contributed by atoms with E-state index < -0.39 is 0 Å². The second-order valence-electron chi connectivity index (χ2n) is 2.63. The Kier molecular flexibility index (Phi) is 6.06. The van der Waals surface area contributed by atoms with Gasteiger partial charge in [0, 0.05) is 6.61 Å². The standard InChI is InChI=1S/C8H18O/c1-4-5-6-7-9-8(2)3/h8H,4-7H2,1-3H3. The molecule has 0 saturated carbocycles. The van der Waals surface area contributed by atoms with Crippen LogP contribution in [0.2, 0.25) is 0 Å². The lowest BCUT2D eigenvalue weighted by Gasteiger charge is -2.05. The molecule has 0 saturated heterocycles. The Labute approximate surface area is 58.4 Å². The average Bonchev–Trinajstić information content (AvgIpc) is 1.80. The van der Waals surface area contributed by atoms with Crippen molar-refractivity contribution in [2.45, 2.75) is 46.1 Å². The van der Waals surface area contributed by atoms with Crippen molar-refractivity contribution in [3.8, 4) is 0 Å². The normalized spacial score (nSPS) is 10.7. The Balaban J connectivity index is 2.75. The van der Waals surface area contributed by atoms with Crippen LogP contribution in [0.3, 0.4) is 0 Å². The fourth-order valence-electron chi connectivity index (χ4n) is 0.671. The van der Waals surface area contributed by atoms with Gasteiger partial charge in [0.25, 0.3) is 0 Å². The molecule has 0 heterocycles. The molecule has 0 unspecified atom stereocenters. The van der Waals surface area contributed by atoms with Gasteiger partial charge in [-0.15, -0.1) is 0 Å². The third-order valence-electron chi connectivity index (χ3n) is 1.20. The average molecular weight is 130 g/mol. The minimum Gasteiger partial charge on any atom is -0.379 e. The van der Waals surface area contributed by atoms with Crippen LogP contribution < -0.4 is 0 Å². The SMILES string of the molecule is CCCCCOC(C)C. The Morgan fingerprint density at radius 1 is 1.22 bits per heavy atom. The van der Waals surface area contributed by atoms with Gasteiger partial charge >= 0.3 is 0 Å². The van der Waals surface area contributed by atoms with Gasteiger partial charge in [0.15, 0.2) is 0 Å². The van der Waals surface area contributed by atoms with Crippen LogP contribution in [-0.4, -0.2) is 12.7 Å². The van der Waals surface area contributed by atoms with Crippen LogP contribution >= 0.6 is 0 Å². The van der Waals surface area contributed by atoms with E-state index in [0.717, 1.165) is 6.61 Å². The molecule has 0 aliphatic carbocycles. The molecule has 0 aromatic heterocycles. The molecule has 56 valence electrons. The number of rotatable bonds is 5. The molecule has 9 heavy (non-hydrogen) atoms. The maximum atomic E-state index is 5.34. The molecule has 0 rings (SSSR count). The van der Waals surface area contributed by atoms with E-state index in [2.05, 4.69) is 20.8 Å². The zero-order valence-corrected chi connectivity index (χ0v) is 6.81. The summed E-state index contributed by atoms with van der Waals surface area (Å²) in [5.74, 6) is 0. The quantitative estimate of drug-likeness (QED) is 0.520. The summed E-state index contributed by atoms with van der Waals surface area (Å²) < 4.78 is 5.34.